The molecule has 0 spiro atoms. The molecule has 0 aromatic heterocycles. The Bertz CT molecular complexity index is 430. The molecule has 3 nitrogen and oxygen atoms in total. The molecule has 0 aliphatic carbocycles. The molecule has 1 rings (SSSR count). The molecular weight excluding hydrogens is 240 g/mol. The summed E-state index contributed by atoms with van der Waals surface area (Å²) >= 11 is 0. The summed E-state index contributed by atoms with van der Waals surface area (Å²) < 4.78 is 10.6. The molecule has 0 aliphatic rings. The van der Waals surface area contributed by atoms with Gasteiger partial charge in [-0.15, -0.1) is 0 Å². The molecule has 3 heteroatoms. The molecule has 1 aromatic carbocycles. The van der Waals surface area contributed by atoms with E-state index >= 15 is 0 Å². The Hall–Kier alpha value is -1.61. The van der Waals surface area contributed by atoms with E-state index in [1.807, 2.05) is 50.3 Å². The lowest BCUT2D eigenvalue weighted by Crippen LogP contribution is -2.18. The van der Waals surface area contributed by atoms with Crippen LogP contribution >= 0.6 is 0 Å². The average Bonchev–Trinajstić information content (AvgIpc) is 2.38. The summed E-state index contributed by atoms with van der Waals surface area (Å²) in [6.07, 6.45) is 3.79. The molecule has 0 saturated heterocycles. The van der Waals surface area contributed by atoms with E-state index in [-0.39, 0.29) is 5.78 Å². The summed E-state index contributed by atoms with van der Waals surface area (Å²) in [5.41, 5.74) is 0.684. The van der Waals surface area contributed by atoms with Crippen molar-refractivity contribution in [3.05, 3.63) is 42.0 Å². The standard InChI is InChI=1S/C16H22O3/c1-13(17)16(2,3)10-5-11-19-12-14-6-8-15(18-4)9-7-14/h5-10H,11-12H2,1-4H3/b10-5+. The van der Waals surface area contributed by atoms with Crippen LogP contribution in [-0.4, -0.2) is 19.5 Å². The predicted octanol–water partition coefficient (Wildman–Crippen LogP) is 3.38. The van der Waals surface area contributed by atoms with Crippen molar-refractivity contribution < 1.29 is 14.3 Å². The Balaban J connectivity index is 2.34. The van der Waals surface area contributed by atoms with E-state index in [1.54, 1.807) is 14.0 Å². The Morgan fingerprint density at radius 3 is 2.42 bits per heavy atom. The van der Waals surface area contributed by atoms with Gasteiger partial charge >= 0.3 is 0 Å². The van der Waals surface area contributed by atoms with Crippen LogP contribution in [0.3, 0.4) is 0 Å². The Morgan fingerprint density at radius 1 is 1.26 bits per heavy atom. The van der Waals surface area contributed by atoms with Crippen molar-refractivity contribution in [1.29, 1.82) is 0 Å². The van der Waals surface area contributed by atoms with E-state index in [1.165, 1.54) is 0 Å². The second-order valence-corrected chi connectivity index (χ2v) is 5.04. The molecule has 0 heterocycles. The number of allylic oxidation sites excluding steroid dienone is 1. The SMILES string of the molecule is COc1ccc(COC/C=C/C(C)(C)C(C)=O)cc1. The zero-order valence-corrected chi connectivity index (χ0v) is 12.1. The van der Waals surface area contributed by atoms with Crippen LogP contribution in [0.5, 0.6) is 5.75 Å². The smallest absolute Gasteiger partial charge is 0.139 e. The van der Waals surface area contributed by atoms with Crippen molar-refractivity contribution in [3.63, 3.8) is 0 Å². The minimum Gasteiger partial charge on any atom is -0.497 e. The normalized spacial score (nSPS) is 11.8. The van der Waals surface area contributed by atoms with E-state index in [0.29, 0.717) is 13.2 Å². The summed E-state index contributed by atoms with van der Waals surface area (Å²) in [5, 5.41) is 0. The van der Waals surface area contributed by atoms with Crippen LogP contribution in [0.1, 0.15) is 26.3 Å². The zero-order chi connectivity index (χ0) is 14.3. The largest absolute Gasteiger partial charge is 0.497 e. The van der Waals surface area contributed by atoms with Crippen LogP contribution in [0, 0.1) is 5.41 Å². The number of ketones is 1. The first kappa shape index (κ1) is 15.4. The molecule has 0 saturated carbocycles. The third-order valence-electron chi connectivity index (χ3n) is 3.08. The van der Waals surface area contributed by atoms with Gasteiger partial charge in [-0.2, -0.15) is 0 Å². The van der Waals surface area contributed by atoms with Gasteiger partial charge < -0.3 is 9.47 Å². The van der Waals surface area contributed by atoms with Crippen molar-refractivity contribution >= 4 is 5.78 Å². The maximum Gasteiger partial charge on any atom is 0.139 e. The van der Waals surface area contributed by atoms with Crippen molar-refractivity contribution in [1.82, 2.24) is 0 Å². The summed E-state index contributed by atoms with van der Waals surface area (Å²) in [7, 11) is 1.65. The Kier molecular flexibility index (Phi) is 5.77. The number of hydrogen-bond donors (Lipinski definition) is 0. The molecule has 0 amide bonds. The second kappa shape index (κ2) is 7.10. The van der Waals surface area contributed by atoms with Gasteiger partial charge in [-0.1, -0.05) is 24.3 Å². The number of methoxy groups -OCH3 is 1. The molecule has 1 aromatic rings. The first-order valence-electron chi connectivity index (χ1n) is 6.35. The molecule has 104 valence electrons. The van der Waals surface area contributed by atoms with Crippen molar-refractivity contribution in [2.45, 2.75) is 27.4 Å². The Morgan fingerprint density at radius 2 is 1.89 bits per heavy atom. The van der Waals surface area contributed by atoms with Crippen LogP contribution in [0.4, 0.5) is 0 Å². The van der Waals surface area contributed by atoms with Crippen molar-refractivity contribution in [2.75, 3.05) is 13.7 Å². The highest BCUT2D eigenvalue weighted by Gasteiger charge is 2.18. The minimum absolute atomic E-state index is 0.152. The van der Waals surface area contributed by atoms with Gasteiger partial charge in [-0.3, -0.25) is 4.79 Å². The first-order chi connectivity index (χ1) is 8.95. The molecule has 0 aliphatic heterocycles. The summed E-state index contributed by atoms with van der Waals surface area (Å²) in [5.74, 6) is 0.991. The van der Waals surface area contributed by atoms with Gasteiger partial charge in [0.2, 0.25) is 0 Å². The van der Waals surface area contributed by atoms with E-state index in [0.717, 1.165) is 11.3 Å². The van der Waals surface area contributed by atoms with E-state index in [9.17, 15) is 4.79 Å². The van der Waals surface area contributed by atoms with E-state index in [2.05, 4.69) is 0 Å². The summed E-state index contributed by atoms with van der Waals surface area (Å²) in [6.45, 7) is 6.45. The lowest BCUT2D eigenvalue weighted by molar-refractivity contribution is -0.122. The van der Waals surface area contributed by atoms with Gasteiger partial charge in [0.25, 0.3) is 0 Å². The number of hydrogen-bond acceptors (Lipinski definition) is 3. The van der Waals surface area contributed by atoms with Gasteiger partial charge in [-0.25, -0.2) is 0 Å². The van der Waals surface area contributed by atoms with E-state index in [4.69, 9.17) is 9.47 Å². The van der Waals surface area contributed by atoms with Crippen LogP contribution < -0.4 is 4.74 Å². The summed E-state index contributed by atoms with van der Waals surface area (Å²) in [6, 6.07) is 7.77. The average molecular weight is 262 g/mol. The molecular formula is C16H22O3. The molecule has 0 atom stereocenters. The fourth-order valence-electron chi connectivity index (χ4n) is 1.43. The maximum absolute atomic E-state index is 11.3. The fraction of sp³-hybridized carbons (Fsp3) is 0.438. The molecule has 0 radical (unpaired) electrons. The zero-order valence-electron chi connectivity index (χ0n) is 12.1. The maximum atomic E-state index is 11.3. The fourth-order valence-corrected chi connectivity index (χ4v) is 1.43. The number of ether oxygens (including phenoxy) is 2. The Labute approximate surface area is 115 Å². The number of Topliss-reactive ketones (excluding diaryl/α,β-unsaturated/α-hetero) is 1. The summed E-state index contributed by atoms with van der Waals surface area (Å²) in [4.78, 5) is 11.3. The van der Waals surface area contributed by atoms with Gasteiger partial charge in [0, 0.05) is 5.41 Å². The number of rotatable bonds is 7. The van der Waals surface area contributed by atoms with Gasteiger partial charge in [0.05, 0.1) is 20.3 Å². The number of carbonyl (C=O) groups is 1. The minimum atomic E-state index is -0.413. The van der Waals surface area contributed by atoms with Gasteiger partial charge in [-0.05, 0) is 38.5 Å². The molecule has 0 unspecified atom stereocenters. The predicted molar refractivity (Wildman–Crippen MR) is 76.3 cm³/mol. The monoisotopic (exact) mass is 262 g/mol. The highest BCUT2D eigenvalue weighted by atomic mass is 16.5. The number of benzene rings is 1. The van der Waals surface area contributed by atoms with E-state index < -0.39 is 5.41 Å². The van der Waals surface area contributed by atoms with Crippen LogP contribution in [-0.2, 0) is 16.1 Å². The van der Waals surface area contributed by atoms with Gasteiger partial charge in [0.15, 0.2) is 0 Å². The van der Waals surface area contributed by atoms with Gasteiger partial charge in [0.1, 0.15) is 11.5 Å². The second-order valence-electron chi connectivity index (χ2n) is 5.04. The lowest BCUT2D eigenvalue weighted by Gasteiger charge is -2.15. The van der Waals surface area contributed by atoms with Crippen molar-refractivity contribution in [3.8, 4) is 5.75 Å². The first-order valence-corrected chi connectivity index (χ1v) is 6.35. The van der Waals surface area contributed by atoms with Crippen LogP contribution in [0.15, 0.2) is 36.4 Å². The topological polar surface area (TPSA) is 35.5 Å². The molecule has 0 N–H and O–H groups in total. The molecule has 0 fully saturated rings. The lowest BCUT2D eigenvalue weighted by atomic mass is 9.89. The molecule has 0 bridgehead atoms. The molecule has 19 heavy (non-hydrogen) atoms. The third-order valence-corrected chi connectivity index (χ3v) is 3.08. The highest BCUT2D eigenvalue weighted by molar-refractivity contribution is 5.83. The number of carbonyl (C=O) groups excluding carboxylic acids is 1. The van der Waals surface area contributed by atoms with Crippen LogP contribution in [0.25, 0.3) is 0 Å². The highest BCUT2D eigenvalue weighted by Crippen LogP contribution is 2.18. The third kappa shape index (κ3) is 5.26. The van der Waals surface area contributed by atoms with Crippen molar-refractivity contribution in [2.24, 2.45) is 5.41 Å². The quantitative estimate of drug-likeness (QED) is 0.558. The van der Waals surface area contributed by atoms with Crippen LogP contribution in [0.2, 0.25) is 0 Å².